The molecule has 1 amide bonds. The van der Waals surface area contributed by atoms with Gasteiger partial charge in [0.15, 0.2) is 0 Å². The zero-order chi connectivity index (χ0) is 16.1. The predicted molar refractivity (Wildman–Crippen MR) is 90.3 cm³/mol. The number of rotatable bonds is 3. The average Bonchev–Trinajstić information content (AvgIpc) is 2.53. The summed E-state index contributed by atoms with van der Waals surface area (Å²) in [5.74, 6) is -0.0825. The monoisotopic (exact) mass is 313 g/mol. The first kappa shape index (κ1) is 15.7. The van der Waals surface area contributed by atoms with Gasteiger partial charge >= 0.3 is 0 Å². The van der Waals surface area contributed by atoms with Crippen LogP contribution in [-0.4, -0.2) is 21.5 Å². The van der Waals surface area contributed by atoms with Crippen molar-refractivity contribution in [3.8, 4) is 0 Å². The summed E-state index contributed by atoms with van der Waals surface area (Å²) < 4.78 is 1.46. The molecule has 0 unspecified atom stereocenters. The molecule has 1 fully saturated rings. The highest BCUT2D eigenvalue weighted by Gasteiger charge is 2.15. The Balaban J connectivity index is 1.67. The molecule has 1 aliphatic carbocycles. The highest BCUT2D eigenvalue weighted by atomic mass is 16.2. The Labute approximate surface area is 135 Å². The lowest BCUT2D eigenvalue weighted by molar-refractivity contribution is -0.122. The molecule has 1 saturated carbocycles. The molecule has 0 atom stereocenters. The fourth-order valence-electron chi connectivity index (χ4n) is 3.27. The minimum Gasteiger partial charge on any atom is -0.352 e. The fraction of sp³-hybridized carbons (Fsp3) is 0.500. The molecule has 3 rings (SSSR count). The summed E-state index contributed by atoms with van der Waals surface area (Å²) >= 11 is 0. The maximum Gasteiger partial charge on any atom is 0.260 e. The standard InChI is InChI=1S/C18H23N3O2/c22-17(20-14-7-4-2-1-3-5-8-14)13-21-12-10-16-15(18(21)23)9-6-11-19-16/h6,9-12,14H,1-5,7-8,13H2,(H,20,22). The Kier molecular flexibility index (Phi) is 5.05. The summed E-state index contributed by atoms with van der Waals surface area (Å²) in [5, 5.41) is 3.65. The van der Waals surface area contributed by atoms with Gasteiger partial charge in [-0.25, -0.2) is 0 Å². The van der Waals surface area contributed by atoms with Crippen molar-refractivity contribution in [3.63, 3.8) is 0 Å². The van der Waals surface area contributed by atoms with Crippen LogP contribution in [0.3, 0.4) is 0 Å². The number of fused-ring (bicyclic) bond motifs is 1. The molecular weight excluding hydrogens is 290 g/mol. The van der Waals surface area contributed by atoms with Crippen LogP contribution in [-0.2, 0) is 11.3 Å². The van der Waals surface area contributed by atoms with E-state index in [1.807, 2.05) is 0 Å². The van der Waals surface area contributed by atoms with Crippen molar-refractivity contribution in [2.75, 3.05) is 0 Å². The second kappa shape index (κ2) is 7.40. The van der Waals surface area contributed by atoms with Crippen LogP contribution in [0.15, 0.2) is 35.4 Å². The first-order valence-corrected chi connectivity index (χ1v) is 8.47. The van der Waals surface area contributed by atoms with Gasteiger partial charge in [0.1, 0.15) is 6.54 Å². The highest BCUT2D eigenvalue weighted by Crippen LogP contribution is 2.17. The lowest BCUT2D eigenvalue weighted by Crippen LogP contribution is -2.39. The minimum absolute atomic E-state index is 0.0696. The number of hydrogen-bond acceptors (Lipinski definition) is 3. The van der Waals surface area contributed by atoms with E-state index in [4.69, 9.17) is 0 Å². The maximum absolute atomic E-state index is 12.4. The number of nitrogens with zero attached hydrogens (tertiary/aromatic N) is 2. The Bertz CT molecular complexity index is 730. The Morgan fingerprint density at radius 1 is 1.17 bits per heavy atom. The number of nitrogens with one attached hydrogen (secondary N) is 1. The van der Waals surface area contributed by atoms with E-state index in [0.717, 1.165) is 12.8 Å². The summed E-state index contributed by atoms with van der Waals surface area (Å²) in [7, 11) is 0. The molecule has 0 bridgehead atoms. The number of amides is 1. The molecule has 0 saturated heterocycles. The second-order valence-electron chi connectivity index (χ2n) is 6.29. The van der Waals surface area contributed by atoms with E-state index < -0.39 is 0 Å². The van der Waals surface area contributed by atoms with Crippen LogP contribution in [0.5, 0.6) is 0 Å². The zero-order valence-corrected chi connectivity index (χ0v) is 13.3. The second-order valence-corrected chi connectivity index (χ2v) is 6.29. The summed E-state index contributed by atoms with van der Waals surface area (Å²) in [5.41, 5.74) is 0.498. The number of carbonyl (C=O) groups excluding carboxylic acids is 1. The summed E-state index contributed by atoms with van der Waals surface area (Å²) in [6, 6.07) is 5.51. The molecule has 5 heteroatoms. The van der Waals surface area contributed by atoms with Crippen LogP contribution < -0.4 is 10.9 Å². The molecule has 0 aliphatic heterocycles. The van der Waals surface area contributed by atoms with E-state index in [9.17, 15) is 9.59 Å². The van der Waals surface area contributed by atoms with Crippen LogP contribution in [0.4, 0.5) is 0 Å². The van der Waals surface area contributed by atoms with Gasteiger partial charge in [0.05, 0.1) is 10.9 Å². The third-order valence-electron chi connectivity index (χ3n) is 4.53. The smallest absolute Gasteiger partial charge is 0.260 e. The van der Waals surface area contributed by atoms with Crippen molar-refractivity contribution in [3.05, 3.63) is 40.9 Å². The van der Waals surface area contributed by atoms with Gasteiger partial charge in [-0.3, -0.25) is 14.6 Å². The molecule has 0 spiro atoms. The average molecular weight is 313 g/mol. The number of hydrogen-bond donors (Lipinski definition) is 1. The van der Waals surface area contributed by atoms with Crippen LogP contribution >= 0.6 is 0 Å². The highest BCUT2D eigenvalue weighted by molar-refractivity contribution is 5.79. The molecule has 0 radical (unpaired) electrons. The van der Waals surface area contributed by atoms with Crippen LogP contribution in [0.2, 0.25) is 0 Å². The van der Waals surface area contributed by atoms with Gasteiger partial charge in [-0.05, 0) is 31.0 Å². The summed E-state index contributed by atoms with van der Waals surface area (Å²) in [6.45, 7) is 0.0696. The van der Waals surface area contributed by atoms with Crippen LogP contribution in [0, 0.1) is 0 Å². The van der Waals surface area contributed by atoms with Gasteiger partial charge < -0.3 is 9.88 Å². The topological polar surface area (TPSA) is 64.0 Å². The van der Waals surface area contributed by atoms with Crippen molar-refractivity contribution >= 4 is 16.8 Å². The predicted octanol–water partition coefficient (Wildman–Crippen LogP) is 2.63. The lowest BCUT2D eigenvalue weighted by atomic mass is 9.97. The summed E-state index contributed by atoms with van der Waals surface area (Å²) in [4.78, 5) is 28.8. The Morgan fingerprint density at radius 3 is 2.70 bits per heavy atom. The number of carbonyl (C=O) groups is 1. The molecule has 1 N–H and O–H groups in total. The van der Waals surface area contributed by atoms with Crippen LogP contribution in [0.1, 0.15) is 44.9 Å². The van der Waals surface area contributed by atoms with Crippen molar-refractivity contribution in [2.24, 2.45) is 0 Å². The molecule has 2 heterocycles. The first-order chi connectivity index (χ1) is 11.2. The first-order valence-electron chi connectivity index (χ1n) is 8.47. The largest absolute Gasteiger partial charge is 0.352 e. The number of pyridine rings is 2. The Morgan fingerprint density at radius 2 is 1.91 bits per heavy atom. The van der Waals surface area contributed by atoms with Gasteiger partial charge in [-0.15, -0.1) is 0 Å². The SMILES string of the molecule is O=C(Cn1ccc2ncccc2c1=O)NC1CCCCCCC1. The van der Waals surface area contributed by atoms with Gasteiger partial charge in [0.2, 0.25) is 5.91 Å². The van der Waals surface area contributed by atoms with Gasteiger partial charge in [0.25, 0.3) is 5.56 Å². The summed E-state index contributed by atoms with van der Waals surface area (Å²) in [6.07, 6.45) is 11.6. The van der Waals surface area contributed by atoms with Gasteiger partial charge in [-0.1, -0.05) is 32.1 Å². The fourth-order valence-corrected chi connectivity index (χ4v) is 3.27. The zero-order valence-electron chi connectivity index (χ0n) is 13.3. The third kappa shape index (κ3) is 3.97. The van der Waals surface area contributed by atoms with E-state index in [0.29, 0.717) is 10.9 Å². The molecule has 2 aromatic heterocycles. The Hall–Kier alpha value is -2.17. The third-order valence-corrected chi connectivity index (χ3v) is 4.53. The molecule has 0 aromatic carbocycles. The van der Waals surface area contributed by atoms with Crippen molar-refractivity contribution < 1.29 is 4.79 Å². The number of aromatic nitrogens is 2. The van der Waals surface area contributed by atoms with Crippen LogP contribution in [0.25, 0.3) is 10.9 Å². The molecule has 23 heavy (non-hydrogen) atoms. The molecule has 1 aliphatic rings. The molecule has 2 aromatic rings. The van der Waals surface area contributed by atoms with E-state index in [1.54, 1.807) is 30.6 Å². The quantitative estimate of drug-likeness (QED) is 0.947. The minimum atomic E-state index is -0.164. The molecule has 5 nitrogen and oxygen atoms in total. The van der Waals surface area contributed by atoms with E-state index >= 15 is 0 Å². The van der Waals surface area contributed by atoms with E-state index in [-0.39, 0.29) is 24.1 Å². The maximum atomic E-state index is 12.4. The molecular formula is C18H23N3O2. The normalized spacial score (nSPS) is 16.7. The van der Waals surface area contributed by atoms with Crippen molar-refractivity contribution in [1.82, 2.24) is 14.9 Å². The van der Waals surface area contributed by atoms with Crippen molar-refractivity contribution in [1.29, 1.82) is 0 Å². The van der Waals surface area contributed by atoms with Crippen molar-refractivity contribution in [2.45, 2.75) is 57.5 Å². The lowest BCUT2D eigenvalue weighted by Gasteiger charge is -2.21. The van der Waals surface area contributed by atoms with Gasteiger partial charge in [0, 0.05) is 18.4 Å². The van der Waals surface area contributed by atoms with E-state index in [1.165, 1.54) is 36.7 Å². The molecule has 122 valence electrons. The van der Waals surface area contributed by atoms with Gasteiger partial charge in [-0.2, -0.15) is 0 Å². The van der Waals surface area contributed by atoms with E-state index in [2.05, 4.69) is 10.3 Å².